The molecule has 5 rings (SSSR count). The lowest BCUT2D eigenvalue weighted by Gasteiger charge is -2.45. The molecule has 41 heavy (non-hydrogen) atoms. The van der Waals surface area contributed by atoms with E-state index in [2.05, 4.69) is 26.1 Å². The van der Waals surface area contributed by atoms with Crippen molar-refractivity contribution in [2.75, 3.05) is 31.2 Å². The number of morpholine rings is 1. The lowest BCUT2D eigenvalue weighted by molar-refractivity contribution is -0.162. The Labute approximate surface area is 246 Å². The van der Waals surface area contributed by atoms with Gasteiger partial charge in [-0.25, -0.2) is 9.97 Å². The third-order valence-corrected chi connectivity index (χ3v) is 7.49. The number of carbonyl (C=O) groups is 1. The minimum absolute atomic E-state index is 0.0104. The van der Waals surface area contributed by atoms with Crippen LogP contribution < -0.4 is 15.0 Å². The highest BCUT2D eigenvalue weighted by Gasteiger charge is 2.39. The molecule has 0 aliphatic carbocycles. The van der Waals surface area contributed by atoms with E-state index in [1.165, 1.54) is 0 Å². The van der Waals surface area contributed by atoms with E-state index in [4.69, 9.17) is 32.2 Å². The third kappa shape index (κ3) is 6.82. The number of terminal acetylenes is 1. The molecule has 0 bridgehead atoms. The Morgan fingerprint density at radius 3 is 2.39 bits per heavy atom. The van der Waals surface area contributed by atoms with Gasteiger partial charge in [0.2, 0.25) is 5.95 Å². The molecule has 1 N–H and O–H groups in total. The molecule has 0 spiro atoms. The summed E-state index contributed by atoms with van der Waals surface area (Å²) in [5, 5.41) is 3.45. The van der Waals surface area contributed by atoms with Gasteiger partial charge in [-0.1, -0.05) is 29.7 Å². The highest BCUT2D eigenvalue weighted by atomic mass is 35.5. The van der Waals surface area contributed by atoms with Crippen LogP contribution in [-0.4, -0.2) is 59.4 Å². The van der Waals surface area contributed by atoms with Crippen LogP contribution in [-0.2, 0) is 9.47 Å². The molecule has 9 heteroatoms. The summed E-state index contributed by atoms with van der Waals surface area (Å²) in [5.41, 5.74) is 1.90. The van der Waals surface area contributed by atoms with Gasteiger partial charge in [0.05, 0.1) is 35.0 Å². The van der Waals surface area contributed by atoms with Gasteiger partial charge in [-0.3, -0.25) is 4.79 Å². The summed E-state index contributed by atoms with van der Waals surface area (Å²) in [5.74, 6) is 4.07. The molecule has 0 atom stereocenters. The number of rotatable bonds is 6. The first-order valence-electron chi connectivity index (χ1n) is 13.8. The number of benzene rings is 2. The summed E-state index contributed by atoms with van der Waals surface area (Å²) in [4.78, 5) is 24.3. The Morgan fingerprint density at radius 1 is 1.07 bits per heavy atom. The van der Waals surface area contributed by atoms with Gasteiger partial charge in [0.15, 0.2) is 0 Å². The van der Waals surface area contributed by atoms with E-state index >= 15 is 0 Å². The van der Waals surface area contributed by atoms with Crippen LogP contribution in [0.5, 0.6) is 11.5 Å². The summed E-state index contributed by atoms with van der Waals surface area (Å²) >= 11 is 6.59. The van der Waals surface area contributed by atoms with E-state index in [0.29, 0.717) is 46.8 Å². The summed E-state index contributed by atoms with van der Waals surface area (Å²) < 4.78 is 17.7. The van der Waals surface area contributed by atoms with Crippen LogP contribution in [0.4, 0.5) is 5.95 Å². The van der Waals surface area contributed by atoms with Crippen molar-refractivity contribution in [3.63, 3.8) is 0 Å². The van der Waals surface area contributed by atoms with Gasteiger partial charge in [0, 0.05) is 48.2 Å². The smallest absolute Gasteiger partial charge is 0.251 e. The average Bonchev–Trinajstić information content (AvgIpc) is 2.93. The van der Waals surface area contributed by atoms with Crippen molar-refractivity contribution in [1.29, 1.82) is 0 Å². The molecule has 214 valence electrons. The molecule has 0 unspecified atom stereocenters. The van der Waals surface area contributed by atoms with Gasteiger partial charge >= 0.3 is 0 Å². The number of anilines is 1. The van der Waals surface area contributed by atoms with Crippen molar-refractivity contribution in [3.05, 3.63) is 64.9 Å². The normalized spacial score (nSPS) is 18.4. The lowest BCUT2D eigenvalue weighted by Crippen LogP contribution is -2.52. The van der Waals surface area contributed by atoms with Crippen molar-refractivity contribution in [2.24, 2.45) is 0 Å². The zero-order valence-electron chi connectivity index (χ0n) is 23.9. The molecule has 3 aromatic rings. The summed E-state index contributed by atoms with van der Waals surface area (Å²) in [6, 6.07) is 10.5. The van der Waals surface area contributed by atoms with Gasteiger partial charge in [-0.2, -0.15) is 0 Å². The highest BCUT2D eigenvalue weighted by molar-refractivity contribution is 6.32. The Kier molecular flexibility index (Phi) is 8.23. The van der Waals surface area contributed by atoms with E-state index in [1.807, 2.05) is 39.8 Å². The van der Waals surface area contributed by atoms with Gasteiger partial charge in [0.25, 0.3) is 5.91 Å². The first-order chi connectivity index (χ1) is 19.5. The minimum atomic E-state index is -0.324. The number of aromatic nitrogens is 2. The molecule has 0 radical (unpaired) electrons. The summed E-state index contributed by atoms with van der Waals surface area (Å²) in [6.07, 6.45) is 10.9. The van der Waals surface area contributed by atoms with E-state index in [9.17, 15) is 4.79 Å². The zero-order valence-corrected chi connectivity index (χ0v) is 24.6. The monoisotopic (exact) mass is 574 g/mol. The number of hydrogen-bond acceptors (Lipinski definition) is 7. The molecule has 2 aromatic carbocycles. The molecular formula is C32H35ClN4O4. The lowest BCUT2D eigenvalue weighted by atomic mass is 9.85. The minimum Gasteiger partial charge on any atom is -0.454 e. The number of carbonyl (C=O) groups excluding carboxylic acids is 1. The van der Waals surface area contributed by atoms with Gasteiger partial charge in [-0.15, -0.1) is 6.42 Å². The first-order valence-corrected chi connectivity index (χ1v) is 14.1. The second kappa shape index (κ2) is 11.7. The molecule has 3 heterocycles. The number of nitrogens with one attached hydrogen (secondary N) is 1. The summed E-state index contributed by atoms with van der Waals surface area (Å²) in [6.45, 7) is 11.0. The maximum atomic E-state index is 13.1. The maximum Gasteiger partial charge on any atom is 0.251 e. The predicted octanol–water partition coefficient (Wildman–Crippen LogP) is 5.87. The molecule has 2 fully saturated rings. The SMILES string of the molecule is C#Cc1c(Oc2ccc(C(=O)NC3CC(C)(C)OC(C)(C)C3)cc2Cl)cccc1-c1cnc(N2CCOCC2)nc1. The van der Waals surface area contributed by atoms with Crippen molar-refractivity contribution in [3.8, 4) is 35.0 Å². The fourth-order valence-corrected chi connectivity index (χ4v) is 5.92. The van der Waals surface area contributed by atoms with Crippen LogP contribution >= 0.6 is 11.6 Å². The Balaban J connectivity index is 1.31. The maximum absolute atomic E-state index is 13.1. The highest BCUT2D eigenvalue weighted by Crippen LogP contribution is 2.37. The quantitative estimate of drug-likeness (QED) is 0.368. The van der Waals surface area contributed by atoms with Crippen LogP contribution in [0.3, 0.4) is 0 Å². The molecular weight excluding hydrogens is 540 g/mol. The Hall–Kier alpha value is -3.64. The van der Waals surface area contributed by atoms with Crippen LogP contribution in [0.2, 0.25) is 5.02 Å². The van der Waals surface area contributed by atoms with Gasteiger partial charge in [0.1, 0.15) is 11.5 Å². The Bertz CT molecular complexity index is 1440. The molecule has 1 aromatic heterocycles. The van der Waals surface area contributed by atoms with Crippen molar-refractivity contribution < 1.29 is 19.0 Å². The van der Waals surface area contributed by atoms with Crippen LogP contribution in [0.1, 0.15) is 56.5 Å². The summed E-state index contributed by atoms with van der Waals surface area (Å²) in [7, 11) is 0. The van der Waals surface area contributed by atoms with Crippen molar-refractivity contribution in [1.82, 2.24) is 15.3 Å². The molecule has 0 saturated carbocycles. The van der Waals surface area contributed by atoms with E-state index in [-0.39, 0.29) is 23.2 Å². The zero-order chi connectivity index (χ0) is 29.2. The predicted molar refractivity (Wildman–Crippen MR) is 160 cm³/mol. The number of halogens is 1. The largest absolute Gasteiger partial charge is 0.454 e. The van der Waals surface area contributed by atoms with Crippen LogP contribution in [0, 0.1) is 12.3 Å². The van der Waals surface area contributed by atoms with E-state index in [0.717, 1.165) is 37.1 Å². The van der Waals surface area contributed by atoms with Gasteiger partial charge in [-0.05, 0) is 64.8 Å². The second-order valence-electron chi connectivity index (χ2n) is 11.6. The number of nitrogens with zero attached hydrogens (tertiary/aromatic N) is 3. The van der Waals surface area contributed by atoms with Crippen molar-refractivity contribution >= 4 is 23.5 Å². The van der Waals surface area contributed by atoms with Crippen molar-refractivity contribution in [2.45, 2.75) is 57.8 Å². The third-order valence-electron chi connectivity index (χ3n) is 7.19. The number of ether oxygens (including phenoxy) is 3. The fraction of sp³-hybridized carbons (Fsp3) is 0.406. The fourth-order valence-electron chi connectivity index (χ4n) is 5.70. The molecule has 8 nitrogen and oxygen atoms in total. The molecule has 2 aliphatic heterocycles. The number of amides is 1. The second-order valence-corrected chi connectivity index (χ2v) is 12.0. The van der Waals surface area contributed by atoms with E-state index < -0.39 is 0 Å². The van der Waals surface area contributed by atoms with Crippen LogP contribution in [0.25, 0.3) is 11.1 Å². The van der Waals surface area contributed by atoms with E-state index in [1.54, 1.807) is 36.7 Å². The first kappa shape index (κ1) is 28.9. The standard InChI is InChI=1S/C32H35ClN4O4/c1-6-24-25(22-19-34-30(35-20-22)37-12-14-39-15-13-37)8-7-9-27(24)40-28-11-10-21(16-26(28)33)29(38)36-23-17-31(2,3)41-32(4,5)18-23/h1,7-11,16,19-20,23H,12-15,17-18H2,2-5H3,(H,36,38). The topological polar surface area (TPSA) is 85.8 Å². The molecule has 2 aliphatic rings. The molecule has 2 saturated heterocycles. The van der Waals surface area contributed by atoms with Crippen LogP contribution in [0.15, 0.2) is 48.8 Å². The van der Waals surface area contributed by atoms with Gasteiger partial charge < -0.3 is 24.4 Å². The average molecular weight is 575 g/mol. The Morgan fingerprint density at radius 2 is 1.76 bits per heavy atom. The molecule has 1 amide bonds. The number of hydrogen-bond donors (Lipinski definition) is 1.